The molecule has 0 unspecified atom stereocenters. The Morgan fingerprint density at radius 2 is 2.08 bits per heavy atom. The lowest BCUT2D eigenvalue weighted by Gasteiger charge is -1.99. The molecule has 0 radical (unpaired) electrons. The number of rotatable bonds is 4. The number of fused-ring (bicyclic) bond motifs is 1. The van der Waals surface area contributed by atoms with E-state index in [1.54, 1.807) is 6.21 Å². The van der Waals surface area contributed by atoms with Gasteiger partial charge in [0.05, 0.1) is 18.3 Å². The Morgan fingerprint density at radius 3 is 2.96 bits per heavy atom. The minimum absolute atomic E-state index is 0.0356. The molecule has 0 saturated carbocycles. The molecule has 1 aliphatic rings. The highest BCUT2D eigenvalue weighted by atomic mass is 32.1. The summed E-state index contributed by atoms with van der Waals surface area (Å²) in [6.07, 6.45) is 2.16. The van der Waals surface area contributed by atoms with Gasteiger partial charge in [-0.1, -0.05) is 36.4 Å². The van der Waals surface area contributed by atoms with Crippen LogP contribution in [0.2, 0.25) is 0 Å². The van der Waals surface area contributed by atoms with Gasteiger partial charge in [0.2, 0.25) is 11.0 Å². The molecular weight excluding hydrogens is 320 g/mol. The minimum atomic E-state index is 0.0356. The normalized spacial score (nSPS) is 13.1. The molecule has 5 nitrogen and oxygen atoms in total. The van der Waals surface area contributed by atoms with Crippen molar-refractivity contribution < 1.29 is 4.79 Å². The number of thiazole rings is 1. The number of carbonyl (C=O) groups excluding carboxylic acids is 1. The SMILES string of the molecule is O=C1Cc2cc(C=NNc3nc(-c4ccccc4)cs3)ccc2N1. The summed E-state index contributed by atoms with van der Waals surface area (Å²) in [6, 6.07) is 15.8. The molecule has 0 spiro atoms. The summed E-state index contributed by atoms with van der Waals surface area (Å²) in [5.41, 5.74) is 7.80. The molecule has 24 heavy (non-hydrogen) atoms. The lowest BCUT2D eigenvalue weighted by atomic mass is 10.1. The fraction of sp³-hybridized carbons (Fsp3) is 0.0556. The number of carbonyl (C=O) groups is 1. The molecule has 0 bridgehead atoms. The summed E-state index contributed by atoms with van der Waals surface area (Å²) in [7, 11) is 0. The van der Waals surface area contributed by atoms with E-state index in [0.717, 1.165) is 33.2 Å². The fourth-order valence-corrected chi connectivity index (χ4v) is 3.23. The van der Waals surface area contributed by atoms with Crippen LogP contribution in [0.25, 0.3) is 11.3 Å². The van der Waals surface area contributed by atoms with Crippen LogP contribution in [0.4, 0.5) is 10.8 Å². The smallest absolute Gasteiger partial charge is 0.228 e. The van der Waals surface area contributed by atoms with Crippen LogP contribution < -0.4 is 10.7 Å². The third kappa shape index (κ3) is 3.04. The molecule has 6 heteroatoms. The van der Waals surface area contributed by atoms with Crippen molar-refractivity contribution in [1.29, 1.82) is 0 Å². The second kappa shape index (κ2) is 6.25. The summed E-state index contributed by atoms with van der Waals surface area (Å²) < 4.78 is 0. The quantitative estimate of drug-likeness (QED) is 0.564. The predicted molar refractivity (Wildman–Crippen MR) is 97.5 cm³/mol. The second-order valence-corrected chi connectivity index (χ2v) is 6.27. The van der Waals surface area contributed by atoms with Crippen molar-refractivity contribution in [2.75, 3.05) is 10.7 Å². The lowest BCUT2D eigenvalue weighted by molar-refractivity contribution is -0.115. The van der Waals surface area contributed by atoms with Crippen molar-refractivity contribution in [2.24, 2.45) is 5.10 Å². The third-order valence-corrected chi connectivity index (χ3v) is 4.45. The van der Waals surface area contributed by atoms with Gasteiger partial charge in [0.1, 0.15) is 0 Å². The molecule has 2 N–H and O–H groups in total. The minimum Gasteiger partial charge on any atom is -0.326 e. The molecule has 1 amide bonds. The average molecular weight is 334 g/mol. The van der Waals surface area contributed by atoms with Gasteiger partial charge in [0, 0.05) is 16.6 Å². The maximum atomic E-state index is 11.4. The summed E-state index contributed by atoms with van der Waals surface area (Å²) in [5, 5.41) is 9.79. The Kier molecular flexibility index (Phi) is 3.80. The van der Waals surface area contributed by atoms with Gasteiger partial charge in [-0.15, -0.1) is 11.3 Å². The van der Waals surface area contributed by atoms with Crippen LogP contribution in [0.3, 0.4) is 0 Å². The van der Waals surface area contributed by atoms with Crippen LogP contribution in [0, 0.1) is 0 Å². The molecule has 1 aromatic heterocycles. The Bertz CT molecular complexity index is 918. The molecule has 3 aromatic rings. The van der Waals surface area contributed by atoms with E-state index in [1.165, 1.54) is 11.3 Å². The van der Waals surface area contributed by atoms with Crippen LogP contribution in [0.1, 0.15) is 11.1 Å². The van der Waals surface area contributed by atoms with Crippen LogP contribution >= 0.6 is 11.3 Å². The first-order valence-corrected chi connectivity index (χ1v) is 8.39. The van der Waals surface area contributed by atoms with E-state index in [2.05, 4.69) is 20.8 Å². The van der Waals surface area contributed by atoms with E-state index in [-0.39, 0.29) is 5.91 Å². The van der Waals surface area contributed by atoms with Crippen molar-refractivity contribution in [2.45, 2.75) is 6.42 Å². The van der Waals surface area contributed by atoms with Gasteiger partial charge < -0.3 is 5.32 Å². The number of hydrogen-bond acceptors (Lipinski definition) is 5. The van der Waals surface area contributed by atoms with Gasteiger partial charge in [-0.3, -0.25) is 10.2 Å². The molecular formula is C18H14N4OS. The first-order chi connectivity index (χ1) is 11.8. The van der Waals surface area contributed by atoms with Crippen LogP contribution in [0.15, 0.2) is 59.0 Å². The van der Waals surface area contributed by atoms with Crippen molar-refractivity contribution in [3.05, 3.63) is 65.0 Å². The number of amides is 1. The lowest BCUT2D eigenvalue weighted by Crippen LogP contribution is -2.03. The van der Waals surface area contributed by atoms with Crippen LogP contribution in [-0.4, -0.2) is 17.1 Å². The van der Waals surface area contributed by atoms with Gasteiger partial charge in [0.25, 0.3) is 0 Å². The highest BCUT2D eigenvalue weighted by Gasteiger charge is 2.16. The zero-order chi connectivity index (χ0) is 16.4. The van der Waals surface area contributed by atoms with E-state index in [9.17, 15) is 4.79 Å². The van der Waals surface area contributed by atoms with Crippen molar-refractivity contribution in [3.8, 4) is 11.3 Å². The zero-order valence-corrected chi connectivity index (χ0v) is 13.5. The van der Waals surface area contributed by atoms with Crippen LogP contribution in [0.5, 0.6) is 0 Å². The fourth-order valence-electron chi connectivity index (χ4n) is 2.56. The number of benzene rings is 2. The number of anilines is 2. The summed E-state index contributed by atoms with van der Waals surface area (Å²) in [5.74, 6) is 0.0356. The van der Waals surface area contributed by atoms with Gasteiger partial charge in [-0.2, -0.15) is 5.10 Å². The molecule has 4 rings (SSSR count). The Hall–Kier alpha value is -2.99. The van der Waals surface area contributed by atoms with Crippen molar-refractivity contribution >= 4 is 34.3 Å². The van der Waals surface area contributed by atoms with Crippen LogP contribution in [-0.2, 0) is 11.2 Å². The number of hydrazone groups is 1. The van der Waals surface area contributed by atoms with Gasteiger partial charge in [0.15, 0.2) is 0 Å². The molecule has 0 aliphatic carbocycles. The largest absolute Gasteiger partial charge is 0.326 e. The topological polar surface area (TPSA) is 66.4 Å². The van der Waals surface area contributed by atoms with Gasteiger partial charge in [-0.05, 0) is 23.3 Å². The van der Waals surface area contributed by atoms with E-state index >= 15 is 0 Å². The Morgan fingerprint density at radius 1 is 1.21 bits per heavy atom. The van der Waals surface area contributed by atoms with E-state index in [1.807, 2.05) is 53.9 Å². The second-order valence-electron chi connectivity index (χ2n) is 5.42. The number of nitrogens with zero attached hydrogens (tertiary/aromatic N) is 2. The number of aromatic nitrogens is 1. The predicted octanol–water partition coefficient (Wildman–Crippen LogP) is 3.75. The average Bonchev–Trinajstić information content (AvgIpc) is 3.21. The molecule has 0 fully saturated rings. The molecule has 0 atom stereocenters. The highest BCUT2D eigenvalue weighted by Crippen LogP contribution is 2.25. The van der Waals surface area contributed by atoms with Gasteiger partial charge in [-0.25, -0.2) is 4.98 Å². The summed E-state index contributed by atoms with van der Waals surface area (Å²) in [4.78, 5) is 15.9. The summed E-state index contributed by atoms with van der Waals surface area (Å²) >= 11 is 1.51. The standard InChI is InChI=1S/C18H14N4OS/c23-17-9-14-8-12(6-7-15(14)20-17)10-19-22-18-21-16(11-24-18)13-4-2-1-3-5-13/h1-8,10-11H,9H2,(H,20,23)(H,21,22). The molecule has 0 saturated heterocycles. The highest BCUT2D eigenvalue weighted by molar-refractivity contribution is 7.14. The van der Waals surface area contributed by atoms with E-state index < -0.39 is 0 Å². The number of hydrogen-bond donors (Lipinski definition) is 2. The number of nitrogens with one attached hydrogen (secondary N) is 2. The van der Waals surface area contributed by atoms with E-state index in [0.29, 0.717) is 6.42 Å². The van der Waals surface area contributed by atoms with Crippen molar-refractivity contribution in [3.63, 3.8) is 0 Å². The monoisotopic (exact) mass is 334 g/mol. The molecule has 1 aliphatic heterocycles. The third-order valence-electron chi connectivity index (χ3n) is 3.70. The Labute approximate surface area is 143 Å². The van der Waals surface area contributed by atoms with Crippen molar-refractivity contribution in [1.82, 2.24) is 4.98 Å². The Balaban J connectivity index is 1.44. The molecule has 118 valence electrons. The molecule has 2 heterocycles. The van der Waals surface area contributed by atoms with E-state index in [4.69, 9.17) is 0 Å². The maximum Gasteiger partial charge on any atom is 0.228 e. The first kappa shape index (κ1) is 14.6. The first-order valence-electron chi connectivity index (χ1n) is 7.51. The molecule has 2 aromatic carbocycles. The maximum absolute atomic E-state index is 11.4. The zero-order valence-electron chi connectivity index (χ0n) is 12.7. The summed E-state index contributed by atoms with van der Waals surface area (Å²) in [6.45, 7) is 0. The van der Waals surface area contributed by atoms with Gasteiger partial charge >= 0.3 is 0 Å².